The minimum absolute atomic E-state index is 0.848. The van der Waals surface area contributed by atoms with Gasteiger partial charge in [0, 0.05) is 5.57 Å². The van der Waals surface area contributed by atoms with E-state index in [0.717, 1.165) is 18.4 Å². The zero-order valence-electron chi connectivity index (χ0n) is 8.83. The predicted octanol–water partition coefficient (Wildman–Crippen LogP) is 3.70. The third kappa shape index (κ3) is 1.99. The SMILES string of the molecule is C/C(C#N)=C1/C=C(c2ccccc2)CC1. The molecule has 74 valence electrons. The van der Waals surface area contributed by atoms with Gasteiger partial charge >= 0.3 is 0 Å². The molecule has 1 aromatic carbocycles. The van der Waals surface area contributed by atoms with Gasteiger partial charge in [-0.05, 0) is 36.5 Å². The molecule has 15 heavy (non-hydrogen) atoms. The fraction of sp³-hybridized carbons (Fsp3) is 0.214. The topological polar surface area (TPSA) is 23.8 Å². The van der Waals surface area contributed by atoms with Crippen molar-refractivity contribution in [2.75, 3.05) is 0 Å². The third-order valence-electron chi connectivity index (χ3n) is 2.81. The van der Waals surface area contributed by atoms with E-state index in [0.29, 0.717) is 0 Å². The van der Waals surface area contributed by atoms with E-state index >= 15 is 0 Å². The number of rotatable bonds is 1. The van der Waals surface area contributed by atoms with E-state index in [1.54, 1.807) is 0 Å². The van der Waals surface area contributed by atoms with Crippen molar-refractivity contribution in [3.8, 4) is 6.07 Å². The third-order valence-corrected chi connectivity index (χ3v) is 2.81. The molecule has 1 aliphatic rings. The molecule has 0 fully saturated rings. The van der Waals surface area contributed by atoms with Crippen LogP contribution in [0.3, 0.4) is 0 Å². The monoisotopic (exact) mass is 195 g/mol. The average Bonchev–Trinajstić information content (AvgIpc) is 2.78. The number of benzene rings is 1. The molecule has 0 unspecified atom stereocenters. The Balaban J connectivity index is 2.33. The first-order chi connectivity index (χ1) is 7.31. The molecule has 2 rings (SSSR count). The maximum absolute atomic E-state index is 8.81. The van der Waals surface area contributed by atoms with Crippen LogP contribution in [-0.4, -0.2) is 0 Å². The molecule has 0 aliphatic heterocycles. The standard InChI is InChI=1S/C14H13N/c1-11(10-15)13-7-8-14(9-13)12-5-3-2-4-6-12/h2-6,9H,7-8H2,1H3/b13-11-. The normalized spacial score (nSPS) is 18.3. The molecule has 1 nitrogen and oxygen atoms in total. The Hall–Kier alpha value is -1.81. The van der Waals surface area contributed by atoms with Gasteiger partial charge in [-0.15, -0.1) is 0 Å². The fourth-order valence-electron chi connectivity index (χ4n) is 1.87. The van der Waals surface area contributed by atoms with Crippen molar-refractivity contribution in [2.45, 2.75) is 19.8 Å². The molecule has 0 amide bonds. The zero-order chi connectivity index (χ0) is 10.7. The smallest absolute Gasteiger partial charge is 0.0946 e. The fourth-order valence-corrected chi connectivity index (χ4v) is 1.87. The van der Waals surface area contributed by atoms with Gasteiger partial charge in [0.25, 0.3) is 0 Å². The molecule has 0 spiro atoms. The number of hydrogen-bond acceptors (Lipinski definition) is 1. The van der Waals surface area contributed by atoms with Crippen LogP contribution >= 0.6 is 0 Å². The quantitative estimate of drug-likeness (QED) is 0.627. The van der Waals surface area contributed by atoms with E-state index in [4.69, 9.17) is 5.26 Å². The molecule has 0 radical (unpaired) electrons. The Morgan fingerprint density at radius 2 is 1.93 bits per heavy atom. The largest absolute Gasteiger partial charge is 0.193 e. The first-order valence-corrected chi connectivity index (χ1v) is 5.17. The lowest BCUT2D eigenvalue weighted by Gasteiger charge is -1.98. The summed E-state index contributed by atoms with van der Waals surface area (Å²) in [5, 5.41) is 8.81. The summed E-state index contributed by atoms with van der Waals surface area (Å²) >= 11 is 0. The molecular formula is C14H13N. The van der Waals surface area contributed by atoms with Gasteiger partial charge in [0.1, 0.15) is 0 Å². The van der Waals surface area contributed by atoms with Crippen LogP contribution < -0.4 is 0 Å². The van der Waals surface area contributed by atoms with Crippen LogP contribution in [0.5, 0.6) is 0 Å². The van der Waals surface area contributed by atoms with Crippen molar-refractivity contribution in [2.24, 2.45) is 0 Å². The first kappa shape index (κ1) is 9.73. The van der Waals surface area contributed by atoms with E-state index in [-0.39, 0.29) is 0 Å². The maximum atomic E-state index is 8.81. The number of hydrogen-bond donors (Lipinski definition) is 0. The van der Waals surface area contributed by atoms with Crippen molar-refractivity contribution < 1.29 is 0 Å². The number of nitrogens with zero attached hydrogens (tertiary/aromatic N) is 1. The van der Waals surface area contributed by atoms with Crippen molar-refractivity contribution >= 4 is 5.57 Å². The van der Waals surface area contributed by atoms with Crippen LogP contribution in [-0.2, 0) is 0 Å². The van der Waals surface area contributed by atoms with Gasteiger partial charge in [0.15, 0.2) is 0 Å². The maximum Gasteiger partial charge on any atom is 0.0946 e. The highest BCUT2D eigenvalue weighted by molar-refractivity contribution is 5.72. The summed E-state index contributed by atoms with van der Waals surface area (Å²) in [7, 11) is 0. The van der Waals surface area contributed by atoms with Gasteiger partial charge in [-0.25, -0.2) is 0 Å². The first-order valence-electron chi connectivity index (χ1n) is 5.17. The van der Waals surface area contributed by atoms with E-state index < -0.39 is 0 Å². The highest BCUT2D eigenvalue weighted by Gasteiger charge is 2.12. The predicted molar refractivity (Wildman–Crippen MR) is 62.0 cm³/mol. The van der Waals surface area contributed by atoms with E-state index in [9.17, 15) is 0 Å². The lowest BCUT2D eigenvalue weighted by molar-refractivity contribution is 1.06. The molecular weight excluding hydrogens is 182 g/mol. The summed E-state index contributed by atoms with van der Waals surface area (Å²) in [4.78, 5) is 0. The molecule has 0 bridgehead atoms. The van der Waals surface area contributed by atoms with Crippen molar-refractivity contribution in [3.63, 3.8) is 0 Å². The molecule has 0 saturated heterocycles. The number of nitriles is 1. The Labute approximate surface area is 90.4 Å². The lowest BCUT2D eigenvalue weighted by Crippen LogP contribution is -1.77. The molecule has 1 aromatic rings. The van der Waals surface area contributed by atoms with Crippen LogP contribution in [0.25, 0.3) is 5.57 Å². The summed E-state index contributed by atoms with van der Waals surface area (Å²) in [6.07, 6.45) is 4.22. The Morgan fingerprint density at radius 1 is 1.20 bits per heavy atom. The second-order valence-corrected chi connectivity index (χ2v) is 3.80. The second-order valence-electron chi connectivity index (χ2n) is 3.80. The van der Waals surface area contributed by atoms with Crippen molar-refractivity contribution in [3.05, 3.63) is 53.1 Å². The Morgan fingerprint density at radius 3 is 2.60 bits per heavy atom. The highest BCUT2D eigenvalue weighted by atomic mass is 14.3. The van der Waals surface area contributed by atoms with Gasteiger partial charge in [0.2, 0.25) is 0 Å². The van der Waals surface area contributed by atoms with Gasteiger partial charge in [0.05, 0.1) is 6.07 Å². The molecule has 0 atom stereocenters. The van der Waals surface area contributed by atoms with E-state index in [1.165, 1.54) is 16.7 Å². The second kappa shape index (κ2) is 4.14. The van der Waals surface area contributed by atoms with Gasteiger partial charge in [-0.1, -0.05) is 36.4 Å². The molecule has 0 N–H and O–H groups in total. The van der Waals surface area contributed by atoms with Crippen LogP contribution in [0.1, 0.15) is 25.3 Å². The minimum atomic E-state index is 0.848. The van der Waals surface area contributed by atoms with E-state index in [2.05, 4.69) is 36.4 Å². The molecule has 0 aromatic heterocycles. The van der Waals surface area contributed by atoms with E-state index in [1.807, 2.05) is 13.0 Å². The summed E-state index contributed by atoms with van der Waals surface area (Å²) in [5.41, 5.74) is 4.66. The van der Waals surface area contributed by atoms with Gasteiger partial charge in [-0.2, -0.15) is 5.26 Å². The zero-order valence-corrected chi connectivity index (χ0v) is 8.83. The van der Waals surface area contributed by atoms with Crippen molar-refractivity contribution in [1.82, 2.24) is 0 Å². The van der Waals surface area contributed by atoms with Gasteiger partial charge < -0.3 is 0 Å². The Kier molecular flexibility index (Phi) is 2.69. The van der Waals surface area contributed by atoms with Gasteiger partial charge in [-0.3, -0.25) is 0 Å². The summed E-state index contributed by atoms with van der Waals surface area (Å²) in [6, 6.07) is 12.6. The minimum Gasteiger partial charge on any atom is -0.193 e. The molecule has 0 heterocycles. The summed E-state index contributed by atoms with van der Waals surface area (Å²) in [6.45, 7) is 1.89. The van der Waals surface area contributed by atoms with Crippen LogP contribution in [0, 0.1) is 11.3 Å². The number of allylic oxidation sites excluding steroid dienone is 4. The summed E-state index contributed by atoms with van der Waals surface area (Å²) < 4.78 is 0. The molecule has 1 heteroatoms. The van der Waals surface area contributed by atoms with Crippen LogP contribution in [0.2, 0.25) is 0 Å². The lowest BCUT2D eigenvalue weighted by atomic mass is 10.1. The highest BCUT2D eigenvalue weighted by Crippen LogP contribution is 2.32. The Bertz CT molecular complexity index is 458. The average molecular weight is 195 g/mol. The summed E-state index contributed by atoms with van der Waals surface area (Å²) in [5.74, 6) is 0. The van der Waals surface area contributed by atoms with Crippen molar-refractivity contribution in [1.29, 1.82) is 5.26 Å². The van der Waals surface area contributed by atoms with Crippen LogP contribution in [0.15, 0.2) is 47.6 Å². The van der Waals surface area contributed by atoms with Crippen LogP contribution in [0.4, 0.5) is 0 Å². The molecule has 0 saturated carbocycles. The molecule has 1 aliphatic carbocycles.